The van der Waals surface area contributed by atoms with Crippen LogP contribution in [0.1, 0.15) is 39.0 Å². The summed E-state index contributed by atoms with van der Waals surface area (Å²) in [6.45, 7) is 2.26. The third-order valence-corrected chi connectivity index (χ3v) is 4.63. The van der Waals surface area contributed by atoms with E-state index in [0.29, 0.717) is 4.67 Å². The van der Waals surface area contributed by atoms with Crippen molar-refractivity contribution in [2.24, 2.45) is 0 Å². The topological polar surface area (TPSA) is 70.8 Å². The molecule has 1 aromatic heterocycles. The van der Waals surface area contributed by atoms with Gasteiger partial charge in [0.05, 0.1) is 12.1 Å². The van der Waals surface area contributed by atoms with Crippen LogP contribution in [0, 0.1) is 0 Å². The van der Waals surface area contributed by atoms with Crippen molar-refractivity contribution in [2.45, 2.75) is 19.9 Å². The summed E-state index contributed by atoms with van der Waals surface area (Å²) in [7, 11) is 0. The van der Waals surface area contributed by atoms with Crippen LogP contribution in [0.15, 0.2) is 69.8 Å². The van der Waals surface area contributed by atoms with Gasteiger partial charge in [0, 0.05) is 5.69 Å². The van der Waals surface area contributed by atoms with E-state index in [2.05, 4.69) is 15.9 Å². The van der Waals surface area contributed by atoms with Crippen molar-refractivity contribution in [1.82, 2.24) is 0 Å². The minimum atomic E-state index is -1.00. The molecule has 2 aromatic carbocycles. The molecular formula is C21H18BrNO4. The molecule has 0 atom stereocenters. The maximum Gasteiger partial charge on any atom is 0.335 e. The molecule has 0 spiro atoms. The van der Waals surface area contributed by atoms with Gasteiger partial charge in [0.25, 0.3) is 5.91 Å². The molecule has 6 heteroatoms. The van der Waals surface area contributed by atoms with Crippen molar-refractivity contribution in [3.8, 4) is 0 Å². The summed E-state index contributed by atoms with van der Waals surface area (Å²) >= 11 is 3.22. The monoisotopic (exact) mass is 427 g/mol. The lowest BCUT2D eigenvalue weighted by atomic mass is 10.1. The third kappa shape index (κ3) is 4.28. The Labute approximate surface area is 165 Å². The summed E-state index contributed by atoms with van der Waals surface area (Å²) in [6, 6.07) is 17.5. The maximum absolute atomic E-state index is 13.1. The van der Waals surface area contributed by atoms with Crippen LogP contribution in [0.2, 0.25) is 0 Å². The molecular weight excluding hydrogens is 410 g/mol. The quantitative estimate of drug-likeness (QED) is 0.590. The molecule has 0 bridgehead atoms. The van der Waals surface area contributed by atoms with Crippen LogP contribution in [0.3, 0.4) is 0 Å². The van der Waals surface area contributed by atoms with Gasteiger partial charge < -0.3 is 14.4 Å². The second-order valence-corrected chi connectivity index (χ2v) is 6.76. The minimum Gasteiger partial charge on any atom is -0.478 e. The maximum atomic E-state index is 13.1. The van der Waals surface area contributed by atoms with Crippen LogP contribution in [0.4, 0.5) is 5.69 Å². The van der Waals surface area contributed by atoms with Crippen LogP contribution in [-0.2, 0) is 13.0 Å². The summed E-state index contributed by atoms with van der Waals surface area (Å²) in [5, 5.41) is 9.23. The highest BCUT2D eigenvalue weighted by atomic mass is 79.9. The first-order chi connectivity index (χ1) is 13.0. The van der Waals surface area contributed by atoms with Crippen molar-refractivity contribution in [3.63, 3.8) is 0 Å². The second kappa shape index (κ2) is 8.22. The Morgan fingerprint density at radius 2 is 1.85 bits per heavy atom. The van der Waals surface area contributed by atoms with Crippen molar-refractivity contribution in [3.05, 3.63) is 87.8 Å². The van der Waals surface area contributed by atoms with Gasteiger partial charge in [0.15, 0.2) is 10.4 Å². The van der Waals surface area contributed by atoms with Gasteiger partial charge in [-0.3, -0.25) is 4.79 Å². The second-order valence-electron chi connectivity index (χ2n) is 5.98. The largest absolute Gasteiger partial charge is 0.478 e. The van der Waals surface area contributed by atoms with Gasteiger partial charge >= 0.3 is 5.97 Å². The first-order valence-corrected chi connectivity index (χ1v) is 9.26. The standard InChI is InChI=1S/C21H18BrNO4/c1-2-15-7-3-4-9-17(15)23(20(24)18-10-11-19(22)27-18)13-14-6-5-8-16(12-14)21(25)26/h3-12H,2,13H2,1H3,(H,25,26). The molecule has 0 aliphatic heterocycles. The minimum absolute atomic E-state index is 0.185. The van der Waals surface area contributed by atoms with Crippen molar-refractivity contribution in [1.29, 1.82) is 0 Å². The Bertz CT molecular complexity index is 980. The highest BCUT2D eigenvalue weighted by Crippen LogP contribution is 2.26. The Morgan fingerprint density at radius 1 is 1.07 bits per heavy atom. The number of aromatic carboxylic acids is 1. The Balaban J connectivity index is 2.03. The number of nitrogens with zero attached hydrogens (tertiary/aromatic N) is 1. The number of rotatable bonds is 6. The summed E-state index contributed by atoms with van der Waals surface area (Å²) < 4.78 is 5.93. The number of anilines is 1. The molecule has 0 radical (unpaired) electrons. The molecule has 138 valence electrons. The summed E-state index contributed by atoms with van der Waals surface area (Å²) in [4.78, 5) is 26.0. The Morgan fingerprint density at radius 3 is 2.52 bits per heavy atom. The number of carbonyl (C=O) groups excluding carboxylic acids is 1. The van der Waals surface area contributed by atoms with Gasteiger partial charge in [0.1, 0.15) is 0 Å². The lowest BCUT2D eigenvalue weighted by Gasteiger charge is -2.24. The first-order valence-electron chi connectivity index (χ1n) is 8.47. The number of benzene rings is 2. The Hall–Kier alpha value is -2.86. The number of furan rings is 1. The number of hydrogen-bond donors (Lipinski definition) is 1. The Kier molecular flexibility index (Phi) is 5.76. The SMILES string of the molecule is CCc1ccccc1N(Cc1cccc(C(=O)O)c1)C(=O)c1ccc(Br)o1. The summed E-state index contributed by atoms with van der Waals surface area (Å²) in [5.74, 6) is -1.08. The van der Waals surface area contributed by atoms with Crippen LogP contribution in [-0.4, -0.2) is 17.0 Å². The fourth-order valence-corrected chi connectivity index (χ4v) is 3.19. The van der Waals surface area contributed by atoms with E-state index in [4.69, 9.17) is 4.42 Å². The van der Waals surface area contributed by atoms with Crippen LogP contribution in [0.25, 0.3) is 0 Å². The van der Waals surface area contributed by atoms with E-state index >= 15 is 0 Å². The molecule has 0 unspecified atom stereocenters. The van der Waals surface area contributed by atoms with E-state index in [1.54, 1.807) is 35.2 Å². The van der Waals surface area contributed by atoms with E-state index < -0.39 is 5.97 Å². The van der Waals surface area contributed by atoms with E-state index in [-0.39, 0.29) is 23.8 Å². The van der Waals surface area contributed by atoms with Gasteiger partial charge in [-0.1, -0.05) is 37.3 Å². The number of para-hydroxylation sites is 1. The number of hydrogen-bond acceptors (Lipinski definition) is 3. The number of amides is 1. The van der Waals surface area contributed by atoms with Gasteiger partial charge in [-0.15, -0.1) is 0 Å². The van der Waals surface area contributed by atoms with E-state index in [1.807, 2.05) is 31.2 Å². The van der Waals surface area contributed by atoms with E-state index in [1.165, 1.54) is 6.07 Å². The number of carboxylic acids is 1. The smallest absolute Gasteiger partial charge is 0.335 e. The number of carbonyl (C=O) groups is 2. The predicted molar refractivity (Wildman–Crippen MR) is 106 cm³/mol. The normalized spacial score (nSPS) is 10.6. The molecule has 0 aliphatic carbocycles. The van der Waals surface area contributed by atoms with Gasteiger partial charge in [0.2, 0.25) is 0 Å². The first kappa shape index (κ1) is 18.9. The molecule has 0 saturated heterocycles. The fraction of sp³-hybridized carbons (Fsp3) is 0.143. The molecule has 0 fully saturated rings. The highest BCUT2D eigenvalue weighted by Gasteiger charge is 2.23. The van der Waals surface area contributed by atoms with Gasteiger partial charge in [-0.25, -0.2) is 4.79 Å². The zero-order chi connectivity index (χ0) is 19.4. The van der Waals surface area contributed by atoms with Crippen molar-refractivity contribution >= 4 is 33.5 Å². The lowest BCUT2D eigenvalue weighted by Crippen LogP contribution is -2.31. The lowest BCUT2D eigenvalue weighted by molar-refractivity contribution is 0.0696. The highest BCUT2D eigenvalue weighted by molar-refractivity contribution is 9.10. The number of carboxylic acid groups (broad SMARTS) is 1. The number of aryl methyl sites for hydroxylation is 1. The molecule has 3 aromatic rings. The summed E-state index contributed by atoms with van der Waals surface area (Å²) in [5.41, 5.74) is 2.70. The van der Waals surface area contributed by atoms with Crippen LogP contribution >= 0.6 is 15.9 Å². The molecule has 1 amide bonds. The van der Waals surface area contributed by atoms with E-state index in [0.717, 1.165) is 23.2 Å². The molecule has 27 heavy (non-hydrogen) atoms. The molecule has 0 aliphatic rings. The zero-order valence-corrected chi connectivity index (χ0v) is 16.3. The third-order valence-electron chi connectivity index (χ3n) is 4.21. The molecule has 0 saturated carbocycles. The summed E-state index contributed by atoms with van der Waals surface area (Å²) in [6.07, 6.45) is 0.761. The van der Waals surface area contributed by atoms with Gasteiger partial charge in [-0.2, -0.15) is 0 Å². The van der Waals surface area contributed by atoms with Crippen molar-refractivity contribution in [2.75, 3.05) is 4.90 Å². The average molecular weight is 428 g/mol. The zero-order valence-electron chi connectivity index (χ0n) is 14.7. The predicted octanol–water partition coefficient (Wildman–Crippen LogP) is 5.15. The average Bonchev–Trinajstić information content (AvgIpc) is 3.12. The van der Waals surface area contributed by atoms with Crippen molar-refractivity contribution < 1.29 is 19.1 Å². The van der Waals surface area contributed by atoms with E-state index in [9.17, 15) is 14.7 Å². The molecule has 1 heterocycles. The van der Waals surface area contributed by atoms with Crippen LogP contribution in [0.5, 0.6) is 0 Å². The van der Waals surface area contributed by atoms with Crippen LogP contribution < -0.4 is 4.90 Å². The molecule has 3 rings (SSSR count). The number of halogens is 1. The molecule has 1 N–H and O–H groups in total. The fourth-order valence-electron chi connectivity index (χ4n) is 2.89. The van der Waals surface area contributed by atoms with Gasteiger partial charge in [-0.05, 0) is 63.8 Å². The molecule has 5 nitrogen and oxygen atoms in total.